The topological polar surface area (TPSA) is 99.4 Å². The highest BCUT2D eigenvalue weighted by molar-refractivity contribution is 6.10. The SMILES string of the molecule is COc1ccc(C=C(C#N)C(=O)Nc2cccc(C(=O)O)c2)c(C)c1. The van der Waals surface area contributed by atoms with E-state index in [-0.39, 0.29) is 11.1 Å². The van der Waals surface area contributed by atoms with E-state index in [9.17, 15) is 14.9 Å². The number of aryl methyl sites for hydroxylation is 1. The minimum absolute atomic E-state index is 0.0475. The summed E-state index contributed by atoms with van der Waals surface area (Å²) in [5.41, 5.74) is 1.83. The van der Waals surface area contributed by atoms with E-state index in [1.807, 2.05) is 13.0 Å². The van der Waals surface area contributed by atoms with Gasteiger partial charge in [0.1, 0.15) is 17.4 Å². The number of carbonyl (C=O) groups is 2. The van der Waals surface area contributed by atoms with E-state index in [4.69, 9.17) is 9.84 Å². The zero-order valence-corrected chi connectivity index (χ0v) is 13.7. The molecule has 6 nitrogen and oxygen atoms in total. The average Bonchev–Trinajstić information content (AvgIpc) is 2.60. The van der Waals surface area contributed by atoms with Crippen LogP contribution >= 0.6 is 0 Å². The molecule has 2 aromatic carbocycles. The number of carboxylic acids is 1. The number of amides is 1. The van der Waals surface area contributed by atoms with Crippen LogP contribution in [-0.4, -0.2) is 24.1 Å². The second kappa shape index (κ2) is 7.79. The summed E-state index contributed by atoms with van der Waals surface area (Å²) < 4.78 is 5.13. The first-order chi connectivity index (χ1) is 11.9. The lowest BCUT2D eigenvalue weighted by Crippen LogP contribution is -2.14. The number of benzene rings is 2. The van der Waals surface area contributed by atoms with E-state index in [1.165, 1.54) is 24.3 Å². The van der Waals surface area contributed by atoms with E-state index in [2.05, 4.69) is 5.32 Å². The number of anilines is 1. The van der Waals surface area contributed by atoms with E-state index < -0.39 is 11.9 Å². The number of hydrogen-bond acceptors (Lipinski definition) is 4. The minimum Gasteiger partial charge on any atom is -0.497 e. The summed E-state index contributed by atoms with van der Waals surface area (Å²) in [6.45, 7) is 1.84. The van der Waals surface area contributed by atoms with Crippen LogP contribution < -0.4 is 10.1 Å². The van der Waals surface area contributed by atoms with Gasteiger partial charge in [-0.05, 0) is 54.5 Å². The third-order valence-corrected chi connectivity index (χ3v) is 3.51. The van der Waals surface area contributed by atoms with Crippen LogP contribution in [0.25, 0.3) is 6.08 Å². The average molecular weight is 336 g/mol. The molecule has 25 heavy (non-hydrogen) atoms. The number of aromatic carboxylic acids is 1. The molecule has 0 aliphatic carbocycles. The van der Waals surface area contributed by atoms with E-state index in [1.54, 1.807) is 31.4 Å². The summed E-state index contributed by atoms with van der Waals surface area (Å²) in [7, 11) is 1.56. The van der Waals surface area contributed by atoms with Crippen LogP contribution in [0.3, 0.4) is 0 Å². The number of nitriles is 1. The predicted octanol–water partition coefficient (Wildman–Crippen LogP) is 3.25. The Morgan fingerprint density at radius 2 is 2.00 bits per heavy atom. The number of hydrogen-bond donors (Lipinski definition) is 2. The molecule has 0 saturated carbocycles. The Morgan fingerprint density at radius 1 is 1.24 bits per heavy atom. The molecule has 2 rings (SSSR count). The van der Waals surface area contributed by atoms with Crippen LogP contribution in [-0.2, 0) is 4.79 Å². The van der Waals surface area contributed by atoms with Crippen molar-refractivity contribution in [2.45, 2.75) is 6.92 Å². The zero-order valence-electron chi connectivity index (χ0n) is 13.7. The van der Waals surface area contributed by atoms with Gasteiger partial charge in [-0.15, -0.1) is 0 Å². The fraction of sp³-hybridized carbons (Fsp3) is 0.105. The van der Waals surface area contributed by atoms with E-state index in [0.29, 0.717) is 17.0 Å². The van der Waals surface area contributed by atoms with Crippen LogP contribution in [0, 0.1) is 18.3 Å². The molecule has 6 heteroatoms. The molecule has 1 amide bonds. The van der Waals surface area contributed by atoms with Crippen LogP contribution in [0.2, 0.25) is 0 Å². The fourth-order valence-electron chi connectivity index (χ4n) is 2.17. The van der Waals surface area contributed by atoms with Gasteiger partial charge in [0.05, 0.1) is 12.7 Å². The number of rotatable bonds is 5. The van der Waals surface area contributed by atoms with Crippen molar-refractivity contribution in [3.05, 3.63) is 64.7 Å². The number of nitrogens with zero attached hydrogens (tertiary/aromatic N) is 1. The molecule has 0 atom stereocenters. The minimum atomic E-state index is -1.10. The molecule has 0 spiro atoms. The summed E-state index contributed by atoms with van der Waals surface area (Å²) in [5, 5.41) is 20.8. The highest BCUT2D eigenvalue weighted by atomic mass is 16.5. The van der Waals surface area contributed by atoms with Crippen molar-refractivity contribution in [2.24, 2.45) is 0 Å². The molecule has 0 unspecified atom stereocenters. The van der Waals surface area contributed by atoms with Crippen LogP contribution in [0.5, 0.6) is 5.75 Å². The quantitative estimate of drug-likeness (QED) is 0.645. The van der Waals surface area contributed by atoms with Gasteiger partial charge < -0.3 is 15.2 Å². The van der Waals surface area contributed by atoms with Gasteiger partial charge in [0, 0.05) is 5.69 Å². The van der Waals surface area contributed by atoms with Gasteiger partial charge in [-0.3, -0.25) is 4.79 Å². The van der Waals surface area contributed by atoms with Crippen molar-refractivity contribution >= 4 is 23.6 Å². The first-order valence-corrected chi connectivity index (χ1v) is 7.35. The first-order valence-electron chi connectivity index (χ1n) is 7.35. The second-order valence-electron chi connectivity index (χ2n) is 5.23. The van der Waals surface area contributed by atoms with Crippen molar-refractivity contribution in [2.75, 3.05) is 12.4 Å². The van der Waals surface area contributed by atoms with Crippen molar-refractivity contribution < 1.29 is 19.4 Å². The third kappa shape index (κ3) is 4.45. The zero-order chi connectivity index (χ0) is 18.4. The van der Waals surface area contributed by atoms with E-state index >= 15 is 0 Å². The summed E-state index contributed by atoms with van der Waals surface area (Å²) >= 11 is 0. The highest BCUT2D eigenvalue weighted by Gasteiger charge is 2.12. The summed E-state index contributed by atoms with van der Waals surface area (Å²) in [6, 6.07) is 13.0. The molecule has 0 aliphatic rings. The van der Waals surface area contributed by atoms with Crippen molar-refractivity contribution in [1.29, 1.82) is 5.26 Å². The Balaban J connectivity index is 2.26. The molecular formula is C19H16N2O4. The Morgan fingerprint density at radius 3 is 2.60 bits per heavy atom. The van der Waals surface area contributed by atoms with Crippen molar-refractivity contribution in [3.8, 4) is 11.8 Å². The monoisotopic (exact) mass is 336 g/mol. The van der Waals surface area contributed by atoms with Gasteiger partial charge in [-0.2, -0.15) is 5.26 Å². The Kier molecular flexibility index (Phi) is 5.54. The van der Waals surface area contributed by atoms with Crippen LogP contribution in [0.1, 0.15) is 21.5 Å². The van der Waals surface area contributed by atoms with Gasteiger partial charge in [-0.1, -0.05) is 12.1 Å². The van der Waals surface area contributed by atoms with E-state index in [0.717, 1.165) is 5.56 Å². The molecule has 2 aromatic rings. The molecule has 126 valence electrons. The van der Waals surface area contributed by atoms with Crippen molar-refractivity contribution in [3.63, 3.8) is 0 Å². The number of methoxy groups -OCH3 is 1. The largest absolute Gasteiger partial charge is 0.497 e. The van der Waals surface area contributed by atoms with Gasteiger partial charge in [0.2, 0.25) is 0 Å². The lowest BCUT2D eigenvalue weighted by atomic mass is 10.1. The first kappa shape index (κ1) is 17.8. The number of ether oxygens (including phenoxy) is 1. The lowest BCUT2D eigenvalue weighted by molar-refractivity contribution is -0.112. The second-order valence-corrected chi connectivity index (χ2v) is 5.23. The molecular weight excluding hydrogens is 320 g/mol. The maximum Gasteiger partial charge on any atom is 0.335 e. The molecule has 0 saturated heterocycles. The summed E-state index contributed by atoms with van der Waals surface area (Å²) in [5.74, 6) is -1.02. The van der Waals surface area contributed by atoms with Gasteiger partial charge >= 0.3 is 5.97 Å². The van der Waals surface area contributed by atoms with Crippen LogP contribution in [0.15, 0.2) is 48.0 Å². The van der Waals surface area contributed by atoms with Gasteiger partial charge in [0.15, 0.2) is 0 Å². The van der Waals surface area contributed by atoms with Gasteiger partial charge in [-0.25, -0.2) is 4.79 Å². The molecule has 0 fully saturated rings. The summed E-state index contributed by atoms with van der Waals surface area (Å²) in [6.07, 6.45) is 1.48. The van der Waals surface area contributed by atoms with Crippen LogP contribution in [0.4, 0.5) is 5.69 Å². The maximum absolute atomic E-state index is 12.3. The molecule has 0 radical (unpaired) electrons. The normalized spacial score (nSPS) is 10.7. The standard InChI is InChI=1S/C19H16N2O4/c1-12-8-17(25-2)7-6-13(12)9-15(11-20)18(22)21-16-5-3-4-14(10-16)19(23)24/h3-10H,1-2H3,(H,21,22)(H,23,24). The number of carbonyl (C=O) groups excluding carboxylic acids is 1. The Hall–Kier alpha value is -3.59. The molecule has 0 heterocycles. The molecule has 0 aromatic heterocycles. The number of nitrogens with one attached hydrogen (secondary N) is 1. The predicted molar refractivity (Wildman–Crippen MR) is 93.4 cm³/mol. The van der Waals surface area contributed by atoms with Gasteiger partial charge in [0.25, 0.3) is 5.91 Å². The fourth-order valence-corrected chi connectivity index (χ4v) is 2.17. The van der Waals surface area contributed by atoms with Crippen molar-refractivity contribution in [1.82, 2.24) is 0 Å². The Labute approximate surface area is 145 Å². The molecule has 2 N–H and O–H groups in total. The molecule has 0 aliphatic heterocycles. The smallest absolute Gasteiger partial charge is 0.335 e. The highest BCUT2D eigenvalue weighted by Crippen LogP contribution is 2.20. The lowest BCUT2D eigenvalue weighted by Gasteiger charge is -2.07. The third-order valence-electron chi connectivity index (χ3n) is 3.51. The Bertz CT molecular complexity index is 895. The molecule has 0 bridgehead atoms. The maximum atomic E-state index is 12.3. The summed E-state index contributed by atoms with van der Waals surface area (Å²) in [4.78, 5) is 23.3. The number of carboxylic acid groups (broad SMARTS) is 1.